The monoisotopic (exact) mass is 255 g/mol. The summed E-state index contributed by atoms with van der Waals surface area (Å²) in [6.45, 7) is 1.93. The Morgan fingerprint density at radius 1 is 1.06 bits per heavy atom. The van der Waals surface area contributed by atoms with Crippen molar-refractivity contribution in [2.24, 2.45) is 0 Å². The van der Waals surface area contributed by atoms with Crippen LogP contribution in [0.4, 0.5) is 13.2 Å². The lowest BCUT2D eigenvalue weighted by Crippen LogP contribution is -2.20. The lowest BCUT2D eigenvalue weighted by Gasteiger charge is -2.12. The van der Waals surface area contributed by atoms with E-state index in [0.29, 0.717) is 5.69 Å². The van der Waals surface area contributed by atoms with Crippen molar-refractivity contribution >= 4 is 0 Å². The Labute approximate surface area is 102 Å². The van der Waals surface area contributed by atoms with Crippen molar-refractivity contribution in [3.63, 3.8) is 0 Å². The lowest BCUT2D eigenvalue weighted by molar-refractivity contribution is -0.207. The van der Waals surface area contributed by atoms with E-state index in [1.54, 1.807) is 0 Å². The number of H-pyrrole nitrogens is 1. The summed E-state index contributed by atoms with van der Waals surface area (Å²) in [6, 6.07) is 10.1. The van der Waals surface area contributed by atoms with E-state index in [2.05, 4.69) is 4.98 Å². The van der Waals surface area contributed by atoms with Gasteiger partial charge in [-0.05, 0) is 24.6 Å². The molecule has 1 aromatic heterocycles. The molecule has 0 aliphatic carbocycles. The number of aromatic nitrogens is 1. The van der Waals surface area contributed by atoms with Crippen molar-refractivity contribution in [2.75, 3.05) is 0 Å². The molecule has 0 spiro atoms. The molecule has 1 heterocycles. The van der Waals surface area contributed by atoms with Crippen LogP contribution in [-0.4, -0.2) is 16.3 Å². The van der Waals surface area contributed by atoms with Crippen LogP contribution >= 0.6 is 0 Å². The molecule has 0 saturated heterocycles. The van der Waals surface area contributed by atoms with Crippen LogP contribution in [-0.2, 0) is 0 Å². The van der Waals surface area contributed by atoms with Gasteiger partial charge in [-0.25, -0.2) is 0 Å². The Morgan fingerprint density at radius 3 is 2.22 bits per heavy atom. The van der Waals surface area contributed by atoms with Gasteiger partial charge in [0, 0.05) is 5.69 Å². The first-order valence-electron chi connectivity index (χ1n) is 5.38. The number of nitrogens with one attached hydrogen (secondary N) is 1. The van der Waals surface area contributed by atoms with Crippen LogP contribution in [0.15, 0.2) is 36.4 Å². The molecule has 5 heteroatoms. The summed E-state index contributed by atoms with van der Waals surface area (Å²) >= 11 is 0. The number of halogens is 3. The van der Waals surface area contributed by atoms with E-state index < -0.39 is 12.3 Å². The van der Waals surface area contributed by atoms with Crippen LogP contribution in [0, 0.1) is 6.92 Å². The Balaban J connectivity index is 2.28. The van der Waals surface area contributed by atoms with E-state index in [-0.39, 0.29) is 5.69 Å². The molecule has 1 aromatic carbocycles. The predicted octanol–water partition coefficient (Wildman–Crippen LogP) is 3.59. The van der Waals surface area contributed by atoms with Gasteiger partial charge in [-0.15, -0.1) is 0 Å². The zero-order chi connectivity index (χ0) is 13.3. The number of hydrogen-bond acceptors (Lipinski definition) is 1. The summed E-state index contributed by atoms with van der Waals surface area (Å²) in [5.41, 5.74) is 2.15. The van der Waals surface area contributed by atoms with Gasteiger partial charge in [0.15, 0.2) is 6.10 Å². The number of benzene rings is 1. The third-order valence-electron chi connectivity index (χ3n) is 2.68. The van der Waals surface area contributed by atoms with E-state index in [0.717, 1.165) is 11.1 Å². The van der Waals surface area contributed by atoms with Gasteiger partial charge >= 0.3 is 6.18 Å². The number of hydrogen-bond donors (Lipinski definition) is 2. The summed E-state index contributed by atoms with van der Waals surface area (Å²) in [5, 5.41) is 9.11. The quantitative estimate of drug-likeness (QED) is 0.845. The van der Waals surface area contributed by atoms with Crippen LogP contribution in [0.2, 0.25) is 0 Å². The zero-order valence-corrected chi connectivity index (χ0v) is 9.62. The van der Waals surface area contributed by atoms with Gasteiger partial charge in [0.2, 0.25) is 0 Å². The molecule has 18 heavy (non-hydrogen) atoms. The van der Waals surface area contributed by atoms with Gasteiger partial charge in [0.05, 0.1) is 5.69 Å². The maximum Gasteiger partial charge on any atom is 0.420 e. The second-order valence-corrected chi connectivity index (χ2v) is 4.14. The fourth-order valence-electron chi connectivity index (χ4n) is 1.65. The Kier molecular flexibility index (Phi) is 3.17. The number of aliphatic hydroxyl groups excluding tert-OH is 1. The van der Waals surface area contributed by atoms with Crippen LogP contribution in [0.25, 0.3) is 11.3 Å². The third-order valence-corrected chi connectivity index (χ3v) is 2.68. The largest absolute Gasteiger partial charge is 0.420 e. The third kappa shape index (κ3) is 2.56. The van der Waals surface area contributed by atoms with Gasteiger partial charge in [0.1, 0.15) is 0 Å². The number of aryl methyl sites for hydroxylation is 1. The smallest absolute Gasteiger partial charge is 0.378 e. The van der Waals surface area contributed by atoms with Crippen LogP contribution in [0.1, 0.15) is 17.4 Å². The maximum absolute atomic E-state index is 12.3. The highest BCUT2D eigenvalue weighted by Gasteiger charge is 2.40. The molecule has 2 rings (SSSR count). The highest BCUT2D eigenvalue weighted by Crippen LogP contribution is 2.33. The van der Waals surface area contributed by atoms with Crippen molar-refractivity contribution < 1.29 is 18.3 Å². The molecule has 1 atom stereocenters. The topological polar surface area (TPSA) is 36.0 Å². The van der Waals surface area contributed by atoms with Gasteiger partial charge in [0.25, 0.3) is 0 Å². The first kappa shape index (κ1) is 12.7. The summed E-state index contributed by atoms with van der Waals surface area (Å²) < 4.78 is 37.0. The first-order valence-corrected chi connectivity index (χ1v) is 5.38. The Bertz CT molecular complexity index is 528. The second-order valence-electron chi connectivity index (χ2n) is 4.14. The molecule has 0 saturated carbocycles. The molecule has 0 radical (unpaired) electrons. The van der Waals surface area contributed by atoms with Gasteiger partial charge in [-0.3, -0.25) is 0 Å². The predicted molar refractivity (Wildman–Crippen MR) is 62.0 cm³/mol. The normalized spacial score (nSPS) is 13.6. The Morgan fingerprint density at radius 2 is 1.67 bits per heavy atom. The minimum atomic E-state index is -4.66. The highest BCUT2D eigenvalue weighted by atomic mass is 19.4. The van der Waals surface area contributed by atoms with Crippen molar-refractivity contribution in [3.8, 4) is 11.3 Å². The van der Waals surface area contributed by atoms with Crippen molar-refractivity contribution in [1.82, 2.24) is 4.98 Å². The molecule has 96 valence electrons. The summed E-state index contributed by atoms with van der Waals surface area (Å²) in [7, 11) is 0. The van der Waals surface area contributed by atoms with Crippen LogP contribution in [0.5, 0.6) is 0 Å². The molecule has 2 nitrogen and oxygen atoms in total. The van der Waals surface area contributed by atoms with Crippen LogP contribution < -0.4 is 0 Å². The van der Waals surface area contributed by atoms with Gasteiger partial charge < -0.3 is 10.1 Å². The summed E-state index contributed by atoms with van der Waals surface area (Å²) in [5.74, 6) is 0. The van der Waals surface area contributed by atoms with Crippen LogP contribution in [0.3, 0.4) is 0 Å². The van der Waals surface area contributed by atoms with E-state index in [9.17, 15) is 13.2 Å². The van der Waals surface area contributed by atoms with Gasteiger partial charge in [-0.1, -0.05) is 29.8 Å². The van der Waals surface area contributed by atoms with E-state index in [1.165, 1.54) is 12.1 Å². The fraction of sp³-hybridized carbons (Fsp3) is 0.231. The molecule has 0 fully saturated rings. The molecular formula is C13H12F3NO. The van der Waals surface area contributed by atoms with E-state index >= 15 is 0 Å². The highest BCUT2D eigenvalue weighted by molar-refractivity contribution is 5.60. The summed E-state index contributed by atoms with van der Waals surface area (Å²) in [4.78, 5) is 2.59. The average Bonchev–Trinajstić information content (AvgIpc) is 2.77. The minimum absolute atomic E-state index is 0.252. The van der Waals surface area contributed by atoms with E-state index in [4.69, 9.17) is 5.11 Å². The van der Waals surface area contributed by atoms with Crippen molar-refractivity contribution in [3.05, 3.63) is 47.7 Å². The molecule has 0 amide bonds. The number of alkyl halides is 3. The molecule has 1 unspecified atom stereocenters. The molecule has 0 bridgehead atoms. The average molecular weight is 255 g/mol. The van der Waals surface area contributed by atoms with Gasteiger partial charge in [-0.2, -0.15) is 13.2 Å². The first-order chi connectivity index (χ1) is 8.38. The minimum Gasteiger partial charge on any atom is -0.378 e. The Hall–Kier alpha value is -1.75. The van der Waals surface area contributed by atoms with Crippen molar-refractivity contribution in [1.29, 1.82) is 0 Å². The SMILES string of the molecule is Cc1ccc(-c2ccc(C(O)C(F)(F)F)[nH]2)cc1. The second kappa shape index (κ2) is 4.49. The molecular weight excluding hydrogens is 243 g/mol. The molecule has 0 aliphatic rings. The molecule has 0 aliphatic heterocycles. The maximum atomic E-state index is 12.3. The molecule has 2 N–H and O–H groups in total. The number of rotatable bonds is 2. The standard InChI is InChI=1S/C13H12F3NO/c1-8-2-4-9(5-3-8)10-6-7-11(17-10)12(18)13(14,15)16/h2-7,12,17-18H,1H3. The number of aromatic amines is 1. The van der Waals surface area contributed by atoms with E-state index in [1.807, 2.05) is 31.2 Å². The van der Waals surface area contributed by atoms with Crippen molar-refractivity contribution in [2.45, 2.75) is 19.2 Å². The number of aliphatic hydroxyl groups is 1. The summed E-state index contributed by atoms with van der Waals surface area (Å²) in [6.07, 6.45) is -7.13. The molecule has 2 aromatic rings. The fourth-order valence-corrected chi connectivity index (χ4v) is 1.65. The lowest BCUT2D eigenvalue weighted by atomic mass is 10.1. The zero-order valence-electron chi connectivity index (χ0n) is 9.62.